The number of hydrogen-bond donors (Lipinski definition) is 3. The molecule has 2 aromatic carbocycles. The molecule has 0 fully saturated rings. The molecule has 0 aliphatic carbocycles. The van der Waals surface area contributed by atoms with Crippen molar-refractivity contribution < 1.29 is 20.1 Å². The summed E-state index contributed by atoms with van der Waals surface area (Å²) in [6.07, 6.45) is 0. The molecule has 140 valence electrons. The van der Waals surface area contributed by atoms with Crippen LogP contribution in [0.15, 0.2) is 42.5 Å². The van der Waals surface area contributed by atoms with Crippen molar-refractivity contribution in [3.63, 3.8) is 0 Å². The van der Waals surface area contributed by atoms with Gasteiger partial charge in [-0.2, -0.15) is 5.10 Å². The van der Waals surface area contributed by atoms with Gasteiger partial charge in [-0.15, -0.1) is 0 Å². The molecule has 0 atom stereocenters. The van der Waals surface area contributed by atoms with Crippen LogP contribution < -0.4 is 0 Å². The van der Waals surface area contributed by atoms with Crippen molar-refractivity contribution >= 4 is 5.97 Å². The van der Waals surface area contributed by atoms with E-state index in [1.54, 1.807) is 11.6 Å². The summed E-state index contributed by atoms with van der Waals surface area (Å²) in [7, 11) is 0. The van der Waals surface area contributed by atoms with Gasteiger partial charge in [-0.25, -0.2) is 9.48 Å². The Kier molecular flexibility index (Phi) is 4.43. The van der Waals surface area contributed by atoms with Crippen LogP contribution in [0.3, 0.4) is 0 Å². The van der Waals surface area contributed by atoms with Crippen LogP contribution in [0.2, 0.25) is 0 Å². The molecule has 0 amide bonds. The van der Waals surface area contributed by atoms with E-state index in [4.69, 9.17) is 0 Å². The molecule has 27 heavy (non-hydrogen) atoms. The van der Waals surface area contributed by atoms with Crippen LogP contribution in [0.25, 0.3) is 16.9 Å². The number of phenolic OH excluding ortho intramolecular Hbond substituents is 2. The van der Waals surface area contributed by atoms with E-state index in [1.807, 2.05) is 24.3 Å². The maximum Gasteiger partial charge on any atom is 0.339 e. The fraction of sp³-hybridized carbons (Fsp3) is 0.238. The van der Waals surface area contributed by atoms with Crippen LogP contribution in [0.4, 0.5) is 0 Å². The first-order chi connectivity index (χ1) is 12.6. The first kappa shape index (κ1) is 18.5. The molecule has 0 radical (unpaired) electrons. The molecule has 0 spiro atoms. The van der Waals surface area contributed by atoms with Gasteiger partial charge in [-0.3, -0.25) is 0 Å². The van der Waals surface area contributed by atoms with Crippen LogP contribution in [0.5, 0.6) is 11.5 Å². The van der Waals surface area contributed by atoms with Crippen LogP contribution >= 0.6 is 0 Å². The molecule has 0 aliphatic heterocycles. The Hall–Kier alpha value is -3.28. The Morgan fingerprint density at radius 1 is 1.00 bits per heavy atom. The lowest BCUT2D eigenvalue weighted by atomic mass is 9.87. The average Bonchev–Trinajstić information content (AvgIpc) is 2.94. The molecule has 1 heterocycles. The van der Waals surface area contributed by atoms with Crippen molar-refractivity contribution in [2.24, 2.45) is 0 Å². The molecular formula is C21H22N2O4. The highest BCUT2D eigenvalue weighted by atomic mass is 16.4. The van der Waals surface area contributed by atoms with Gasteiger partial charge in [0.2, 0.25) is 0 Å². The van der Waals surface area contributed by atoms with E-state index in [1.165, 1.54) is 18.2 Å². The Bertz CT molecular complexity index is 1010. The third-order valence-corrected chi connectivity index (χ3v) is 4.56. The van der Waals surface area contributed by atoms with Gasteiger partial charge in [-0.05, 0) is 48.2 Å². The highest BCUT2D eigenvalue weighted by molar-refractivity contribution is 5.96. The Labute approximate surface area is 157 Å². The van der Waals surface area contributed by atoms with Crippen molar-refractivity contribution in [3.05, 3.63) is 59.3 Å². The molecule has 3 rings (SSSR count). The van der Waals surface area contributed by atoms with E-state index < -0.39 is 5.97 Å². The van der Waals surface area contributed by atoms with Gasteiger partial charge in [0.05, 0.1) is 11.4 Å². The lowest BCUT2D eigenvalue weighted by Crippen LogP contribution is -2.11. The Morgan fingerprint density at radius 3 is 2.15 bits per heavy atom. The van der Waals surface area contributed by atoms with Gasteiger partial charge < -0.3 is 15.3 Å². The number of carbonyl (C=O) groups is 1. The zero-order chi connectivity index (χ0) is 19.9. The van der Waals surface area contributed by atoms with E-state index in [0.29, 0.717) is 11.3 Å². The van der Waals surface area contributed by atoms with E-state index in [-0.39, 0.29) is 28.2 Å². The number of aromatic nitrogens is 2. The summed E-state index contributed by atoms with van der Waals surface area (Å²) in [5.41, 5.74) is 3.11. The largest absolute Gasteiger partial charge is 0.504 e. The van der Waals surface area contributed by atoms with E-state index >= 15 is 0 Å². The monoisotopic (exact) mass is 366 g/mol. The summed E-state index contributed by atoms with van der Waals surface area (Å²) >= 11 is 0. The molecule has 3 N–H and O–H groups in total. The van der Waals surface area contributed by atoms with Crippen LogP contribution in [0.1, 0.15) is 42.4 Å². The summed E-state index contributed by atoms with van der Waals surface area (Å²) in [5, 5.41) is 33.4. The Morgan fingerprint density at radius 2 is 1.63 bits per heavy atom. The number of aromatic hydroxyl groups is 2. The van der Waals surface area contributed by atoms with Crippen LogP contribution in [-0.4, -0.2) is 31.1 Å². The van der Waals surface area contributed by atoms with Crippen molar-refractivity contribution in [2.75, 3.05) is 0 Å². The number of hydrogen-bond acceptors (Lipinski definition) is 4. The summed E-state index contributed by atoms with van der Waals surface area (Å²) in [6, 6.07) is 12.0. The second-order valence-corrected chi connectivity index (χ2v) is 7.53. The molecule has 0 aliphatic rings. The molecule has 0 bridgehead atoms. The van der Waals surface area contributed by atoms with E-state index in [9.17, 15) is 20.1 Å². The molecular weight excluding hydrogens is 344 g/mol. The number of aromatic carboxylic acids is 1. The van der Waals surface area contributed by atoms with Crippen LogP contribution in [0, 0.1) is 6.92 Å². The quantitative estimate of drug-likeness (QED) is 0.602. The van der Waals surface area contributed by atoms with Crippen molar-refractivity contribution in [2.45, 2.75) is 33.1 Å². The van der Waals surface area contributed by atoms with Crippen molar-refractivity contribution in [3.8, 4) is 28.4 Å². The minimum atomic E-state index is -1.10. The highest BCUT2D eigenvalue weighted by Crippen LogP contribution is 2.33. The lowest BCUT2D eigenvalue weighted by molar-refractivity contribution is 0.0697. The predicted octanol–water partition coefficient (Wildman–Crippen LogP) is 4.25. The van der Waals surface area contributed by atoms with Gasteiger partial charge in [0.25, 0.3) is 0 Å². The third kappa shape index (κ3) is 3.38. The summed E-state index contributed by atoms with van der Waals surface area (Å²) in [5.74, 6) is -1.71. The number of phenols is 2. The average molecular weight is 366 g/mol. The van der Waals surface area contributed by atoms with E-state index in [2.05, 4.69) is 25.9 Å². The standard InChI is InChI=1S/C21H22N2O4/c1-12-18(20(26)27)19(13-5-10-16(24)17(25)11-13)22-23(12)15-8-6-14(7-9-15)21(2,3)4/h5-11,24-25H,1-4H3,(H,26,27). The zero-order valence-electron chi connectivity index (χ0n) is 15.7. The number of nitrogens with zero attached hydrogens (tertiary/aromatic N) is 2. The predicted molar refractivity (Wildman–Crippen MR) is 103 cm³/mol. The van der Waals surface area contributed by atoms with Crippen molar-refractivity contribution in [1.29, 1.82) is 0 Å². The second kappa shape index (κ2) is 6.46. The number of benzene rings is 2. The summed E-state index contributed by atoms with van der Waals surface area (Å²) in [6.45, 7) is 8.06. The van der Waals surface area contributed by atoms with Crippen LogP contribution in [-0.2, 0) is 5.41 Å². The van der Waals surface area contributed by atoms with Gasteiger partial charge >= 0.3 is 5.97 Å². The fourth-order valence-corrected chi connectivity index (χ4v) is 2.99. The minimum Gasteiger partial charge on any atom is -0.504 e. The van der Waals surface area contributed by atoms with Gasteiger partial charge in [-0.1, -0.05) is 32.9 Å². The molecule has 1 aromatic heterocycles. The van der Waals surface area contributed by atoms with Gasteiger partial charge in [0.15, 0.2) is 11.5 Å². The molecule has 6 nitrogen and oxygen atoms in total. The molecule has 3 aromatic rings. The molecule has 0 saturated heterocycles. The molecule has 0 saturated carbocycles. The first-order valence-electron chi connectivity index (χ1n) is 8.56. The molecule has 0 unspecified atom stereocenters. The normalized spacial score (nSPS) is 11.6. The summed E-state index contributed by atoms with van der Waals surface area (Å²) < 4.78 is 1.58. The zero-order valence-corrected chi connectivity index (χ0v) is 15.7. The smallest absolute Gasteiger partial charge is 0.339 e. The van der Waals surface area contributed by atoms with Crippen molar-refractivity contribution in [1.82, 2.24) is 9.78 Å². The summed E-state index contributed by atoms with van der Waals surface area (Å²) in [4.78, 5) is 11.8. The molecule has 6 heteroatoms. The highest BCUT2D eigenvalue weighted by Gasteiger charge is 2.23. The second-order valence-electron chi connectivity index (χ2n) is 7.53. The SMILES string of the molecule is Cc1c(C(=O)O)c(-c2ccc(O)c(O)c2)nn1-c1ccc(C(C)(C)C)cc1. The minimum absolute atomic E-state index is 0.0125. The maximum absolute atomic E-state index is 11.8. The number of rotatable bonds is 3. The Balaban J connectivity index is 2.15. The lowest BCUT2D eigenvalue weighted by Gasteiger charge is -2.19. The maximum atomic E-state index is 11.8. The topological polar surface area (TPSA) is 95.6 Å². The van der Waals surface area contributed by atoms with Gasteiger partial charge in [0.1, 0.15) is 11.3 Å². The third-order valence-electron chi connectivity index (χ3n) is 4.56. The number of carboxylic acids is 1. The first-order valence-corrected chi connectivity index (χ1v) is 8.56. The van der Waals surface area contributed by atoms with Gasteiger partial charge in [0, 0.05) is 5.56 Å². The van der Waals surface area contributed by atoms with E-state index in [0.717, 1.165) is 11.3 Å². The number of carboxylic acid groups (broad SMARTS) is 1. The fourth-order valence-electron chi connectivity index (χ4n) is 2.99.